The average molecular weight is 512 g/mol. The Kier molecular flexibility index (Phi) is 9.46. The van der Waals surface area contributed by atoms with E-state index in [-0.39, 0.29) is 24.2 Å². The van der Waals surface area contributed by atoms with Crippen molar-refractivity contribution in [2.75, 3.05) is 17.1 Å². The van der Waals surface area contributed by atoms with Gasteiger partial charge in [0.1, 0.15) is 18.4 Å². The summed E-state index contributed by atoms with van der Waals surface area (Å²) >= 11 is 6.18. The lowest BCUT2D eigenvalue weighted by Crippen LogP contribution is -2.52. The fourth-order valence-electron chi connectivity index (χ4n) is 3.30. The Balaban J connectivity index is 2.42. The molecule has 2 amide bonds. The first-order valence-corrected chi connectivity index (χ1v) is 13.1. The number of carbonyl (C=O) groups is 2. The summed E-state index contributed by atoms with van der Waals surface area (Å²) in [5, 5.41) is 3.21. The summed E-state index contributed by atoms with van der Waals surface area (Å²) in [5.74, 6) is -1.38. The van der Waals surface area contributed by atoms with Crippen molar-refractivity contribution in [3.8, 4) is 0 Å². The van der Waals surface area contributed by atoms with E-state index in [1.165, 1.54) is 29.2 Å². The third-order valence-corrected chi connectivity index (χ3v) is 7.16. The molecule has 1 N–H and O–H groups in total. The van der Waals surface area contributed by atoms with Crippen LogP contribution >= 0.6 is 11.6 Å². The first-order valence-electron chi connectivity index (χ1n) is 10.9. The van der Waals surface area contributed by atoms with E-state index in [1.807, 2.05) is 13.8 Å². The van der Waals surface area contributed by atoms with Gasteiger partial charge in [-0.3, -0.25) is 13.9 Å². The Morgan fingerprint density at radius 2 is 1.74 bits per heavy atom. The molecule has 0 saturated carbocycles. The highest BCUT2D eigenvalue weighted by atomic mass is 35.5. The zero-order valence-electron chi connectivity index (χ0n) is 20.0. The minimum Gasteiger partial charge on any atom is -0.352 e. The van der Waals surface area contributed by atoms with Crippen LogP contribution in [0.2, 0.25) is 5.02 Å². The van der Waals surface area contributed by atoms with Gasteiger partial charge in [0.2, 0.25) is 21.8 Å². The number of anilines is 1. The quantitative estimate of drug-likeness (QED) is 0.524. The van der Waals surface area contributed by atoms with Crippen LogP contribution in [0, 0.1) is 12.7 Å². The molecular weight excluding hydrogens is 481 g/mol. The maximum Gasteiger partial charge on any atom is 0.244 e. The van der Waals surface area contributed by atoms with Gasteiger partial charge >= 0.3 is 0 Å². The first-order chi connectivity index (χ1) is 15.8. The van der Waals surface area contributed by atoms with Crippen molar-refractivity contribution in [3.63, 3.8) is 0 Å². The Hall–Kier alpha value is -2.65. The summed E-state index contributed by atoms with van der Waals surface area (Å²) in [5.41, 5.74) is 1.39. The van der Waals surface area contributed by atoms with Crippen LogP contribution in [-0.4, -0.2) is 50.0 Å². The van der Waals surface area contributed by atoms with Crippen LogP contribution in [0.3, 0.4) is 0 Å². The summed E-state index contributed by atoms with van der Waals surface area (Å²) in [6.07, 6.45) is 1.71. The molecule has 10 heteroatoms. The Morgan fingerprint density at radius 1 is 1.12 bits per heavy atom. The maximum absolute atomic E-state index is 13.5. The third kappa shape index (κ3) is 7.17. The predicted octanol–water partition coefficient (Wildman–Crippen LogP) is 3.89. The number of sulfonamides is 1. The molecule has 2 aromatic rings. The Labute approximate surface area is 205 Å². The smallest absolute Gasteiger partial charge is 0.244 e. The number of hydrogen-bond acceptors (Lipinski definition) is 4. The first kappa shape index (κ1) is 27.6. The molecule has 2 atom stereocenters. The van der Waals surface area contributed by atoms with Gasteiger partial charge in [-0.15, -0.1) is 0 Å². The lowest BCUT2D eigenvalue weighted by molar-refractivity contribution is -0.139. The van der Waals surface area contributed by atoms with Gasteiger partial charge in [0.05, 0.1) is 11.9 Å². The number of hydrogen-bond donors (Lipinski definition) is 1. The predicted molar refractivity (Wildman–Crippen MR) is 133 cm³/mol. The number of benzene rings is 2. The lowest BCUT2D eigenvalue weighted by atomic mass is 10.1. The van der Waals surface area contributed by atoms with Crippen molar-refractivity contribution >= 4 is 39.1 Å². The normalized spacial score (nSPS) is 13.1. The molecule has 0 heterocycles. The van der Waals surface area contributed by atoms with Crippen LogP contribution in [-0.2, 0) is 26.2 Å². The van der Waals surface area contributed by atoms with E-state index in [4.69, 9.17) is 11.6 Å². The number of rotatable bonds is 10. The lowest BCUT2D eigenvalue weighted by Gasteiger charge is -2.32. The van der Waals surface area contributed by atoms with Crippen molar-refractivity contribution in [2.45, 2.75) is 52.7 Å². The summed E-state index contributed by atoms with van der Waals surface area (Å²) in [6.45, 7) is 6.49. The standard InChI is InChI=1S/C24H31ClFN3O4S/c1-6-16(2)27-24(31)18(4)28(14-19-10-12-20(26)13-11-19)23(30)15-29(34(5,32)33)22-9-7-8-21(25)17(22)3/h7-13,16,18H,6,14-15H2,1-5H3,(H,27,31)/t16-,18+/m0/s1. The maximum atomic E-state index is 13.5. The molecule has 0 aliphatic carbocycles. The SMILES string of the molecule is CC[C@H](C)NC(=O)[C@@H](C)N(Cc1ccc(F)cc1)C(=O)CN(c1cccc(Cl)c1C)S(C)(=O)=O. The largest absolute Gasteiger partial charge is 0.352 e. The molecule has 0 aromatic heterocycles. The third-order valence-electron chi connectivity index (χ3n) is 5.62. The second-order valence-corrected chi connectivity index (χ2v) is 10.6. The van der Waals surface area contributed by atoms with Gasteiger partial charge < -0.3 is 10.2 Å². The fourth-order valence-corrected chi connectivity index (χ4v) is 4.37. The molecule has 0 aliphatic rings. The summed E-state index contributed by atoms with van der Waals surface area (Å²) in [6, 6.07) is 9.37. The van der Waals surface area contributed by atoms with E-state index in [9.17, 15) is 22.4 Å². The molecule has 0 radical (unpaired) electrons. The molecule has 0 unspecified atom stereocenters. The molecule has 0 fully saturated rings. The number of carbonyl (C=O) groups excluding carboxylic acids is 2. The highest BCUT2D eigenvalue weighted by molar-refractivity contribution is 7.92. The molecular formula is C24H31ClFN3O4S. The average Bonchev–Trinajstić information content (AvgIpc) is 2.77. The van der Waals surface area contributed by atoms with E-state index in [2.05, 4.69) is 5.32 Å². The van der Waals surface area contributed by atoms with E-state index >= 15 is 0 Å². The van der Waals surface area contributed by atoms with Gasteiger partial charge in [-0.2, -0.15) is 0 Å². The van der Waals surface area contributed by atoms with Crippen LogP contribution in [0.1, 0.15) is 38.3 Å². The van der Waals surface area contributed by atoms with Crippen LogP contribution in [0.25, 0.3) is 0 Å². The second-order valence-electron chi connectivity index (χ2n) is 8.30. The minimum atomic E-state index is -3.86. The van der Waals surface area contributed by atoms with E-state index in [0.717, 1.165) is 10.6 Å². The number of nitrogens with zero attached hydrogens (tertiary/aromatic N) is 2. The van der Waals surface area contributed by atoms with Crippen molar-refractivity contribution in [1.29, 1.82) is 0 Å². The van der Waals surface area contributed by atoms with Gasteiger partial charge in [-0.05, 0) is 62.6 Å². The highest BCUT2D eigenvalue weighted by Gasteiger charge is 2.31. The van der Waals surface area contributed by atoms with E-state index < -0.39 is 34.3 Å². The van der Waals surface area contributed by atoms with Crippen molar-refractivity contribution in [3.05, 3.63) is 64.4 Å². The summed E-state index contributed by atoms with van der Waals surface area (Å²) < 4.78 is 39.6. The molecule has 186 valence electrons. The van der Waals surface area contributed by atoms with Gasteiger partial charge in [0.15, 0.2) is 0 Å². The van der Waals surface area contributed by atoms with Crippen molar-refractivity contribution in [2.24, 2.45) is 0 Å². The minimum absolute atomic E-state index is 0.000333. The number of halogens is 2. The van der Waals surface area contributed by atoms with Gasteiger partial charge in [-0.25, -0.2) is 12.8 Å². The topological polar surface area (TPSA) is 86.8 Å². The molecule has 34 heavy (non-hydrogen) atoms. The van der Waals surface area contributed by atoms with E-state index in [1.54, 1.807) is 32.0 Å². The zero-order valence-corrected chi connectivity index (χ0v) is 21.6. The highest BCUT2D eigenvalue weighted by Crippen LogP contribution is 2.28. The van der Waals surface area contributed by atoms with Crippen molar-refractivity contribution in [1.82, 2.24) is 10.2 Å². The number of amides is 2. The molecule has 0 bridgehead atoms. The monoisotopic (exact) mass is 511 g/mol. The van der Waals surface area contributed by atoms with E-state index in [0.29, 0.717) is 22.6 Å². The number of nitrogens with one attached hydrogen (secondary N) is 1. The van der Waals surface area contributed by atoms with Crippen molar-refractivity contribution < 1.29 is 22.4 Å². The van der Waals surface area contributed by atoms with Gasteiger partial charge in [0, 0.05) is 17.6 Å². The van der Waals surface area contributed by atoms with Gasteiger partial charge in [0.25, 0.3) is 0 Å². The van der Waals surface area contributed by atoms with Crippen LogP contribution in [0.15, 0.2) is 42.5 Å². The molecule has 7 nitrogen and oxygen atoms in total. The second kappa shape index (κ2) is 11.7. The van der Waals surface area contributed by atoms with Crippen LogP contribution in [0.4, 0.5) is 10.1 Å². The molecule has 2 rings (SSSR count). The molecule has 0 saturated heterocycles. The van der Waals surface area contributed by atoms with Crippen LogP contribution in [0.5, 0.6) is 0 Å². The summed E-state index contributed by atoms with van der Waals surface area (Å²) in [4.78, 5) is 27.6. The van der Waals surface area contributed by atoms with Gasteiger partial charge in [-0.1, -0.05) is 36.7 Å². The molecule has 2 aromatic carbocycles. The van der Waals surface area contributed by atoms with Crippen LogP contribution < -0.4 is 9.62 Å². The zero-order chi connectivity index (χ0) is 25.6. The fraction of sp³-hybridized carbons (Fsp3) is 0.417. The Morgan fingerprint density at radius 3 is 2.29 bits per heavy atom. The Bertz CT molecular complexity index is 1130. The molecule has 0 aliphatic heterocycles. The summed E-state index contributed by atoms with van der Waals surface area (Å²) in [7, 11) is -3.86. The molecule has 0 spiro atoms.